The summed E-state index contributed by atoms with van der Waals surface area (Å²) in [5, 5.41) is 0. The van der Waals surface area contributed by atoms with Crippen molar-refractivity contribution in [1.29, 1.82) is 0 Å². The summed E-state index contributed by atoms with van der Waals surface area (Å²) in [6.07, 6.45) is 2.27. The first-order valence-electron chi connectivity index (χ1n) is 4.00. The minimum Gasteiger partial charge on any atom is -0.457 e. The number of hydrogen-bond acceptors (Lipinski definition) is 3. The Labute approximate surface area is 67.3 Å². The van der Waals surface area contributed by atoms with Gasteiger partial charge in [0.1, 0.15) is 0 Å². The van der Waals surface area contributed by atoms with Crippen LogP contribution in [0.1, 0.15) is 12.8 Å². The second-order valence-corrected chi connectivity index (χ2v) is 3.14. The summed E-state index contributed by atoms with van der Waals surface area (Å²) in [4.78, 5) is 12.0. The summed E-state index contributed by atoms with van der Waals surface area (Å²) in [6.45, 7) is 4.25. The monoisotopic (exact) mass is 156 g/mol. The van der Waals surface area contributed by atoms with Crippen LogP contribution in [0.4, 0.5) is 0 Å². The quantitative estimate of drug-likeness (QED) is 0.593. The zero-order valence-corrected chi connectivity index (χ0v) is 6.88. The van der Waals surface area contributed by atoms with E-state index in [1.165, 1.54) is 6.47 Å². The number of carbonyl (C=O) groups excluding carboxylic acids is 1. The van der Waals surface area contributed by atoms with Gasteiger partial charge >= 0.3 is 6.47 Å². The van der Waals surface area contributed by atoms with Crippen LogP contribution in [0.15, 0.2) is 0 Å². The van der Waals surface area contributed by atoms with Gasteiger partial charge in [0.2, 0.25) is 0 Å². The molecule has 0 amide bonds. The highest BCUT2D eigenvalue weighted by Gasteiger charge is 2.16. The molecule has 0 bridgehead atoms. The molecule has 0 spiro atoms. The van der Waals surface area contributed by atoms with Crippen LogP contribution >= 0.6 is 0 Å². The molecule has 0 atom stereocenters. The van der Waals surface area contributed by atoms with Gasteiger partial charge in [-0.15, -0.1) is 0 Å². The smallest absolute Gasteiger partial charge is 0.417 e. The molecule has 0 N–H and O–H groups in total. The molecule has 0 aliphatic carbocycles. The summed E-state index contributed by atoms with van der Waals surface area (Å²) in [5.41, 5.74) is 0. The van der Waals surface area contributed by atoms with Crippen LogP contribution in [0.2, 0.25) is 0 Å². The molecule has 3 nitrogen and oxygen atoms in total. The van der Waals surface area contributed by atoms with E-state index in [9.17, 15) is 4.79 Å². The fourth-order valence-electron chi connectivity index (χ4n) is 1.38. The molecule has 1 aliphatic rings. The van der Waals surface area contributed by atoms with Crippen molar-refractivity contribution in [3.05, 3.63) is 0 Å². The van der Waals surface area contributed by atoms with Crippen molar-refractivity contribution in [3.8, 4) is 0 Å². The van der Waals surface area contributed by atoms with Crippen LogP contribution in [0.5, 0.6) is 0 Å². The second-order valence-electron chi connectivity index (χ2n) is 3.14. The molecule has 0 unspecified atom stereocenters. The first kappa shape index (κ1) is 8.53. The highest BCUT2D eigenvalue weighted by molar-refractivity contribution is 5.38. The van der Waals surface area contributed by atoms with Gasteiger partial charge in [0, 0.05) is 0 Å². The van der Waals surface area contributed by atoms with E-state index < -0.39 is 0 Å². The van der Waals surface area contributed by atoms with Gasteiger partial charge in [-0.05, 0) is 38.9 Å². The molecule has 3 heteroatoms. The summed E-state index contributed by atoms with van der Waals surface area (Å²) in [6, 6.07) is 0. The summed E-state index contributed by atoms with van der Waals surface area (Å²) < 4.78 is 4.58. The van der Waals surface area contributed by atoms with Crippen LogP contribution in [-0.4, -0.2) is 38.1 Å². The Kier molecular flexibility index (Phi) is 3.36. The van der Waals surface area contributed by atoms with Crippen LogP contribution < -0.4 is 0 Å². The molecular weight excluding hydrogens is 142 g/mol. The normalized spacial score (nSPS) is 21.5. The molecule has 1 aliphatic heterocycles. The van der Waals surface area contributed by atoms with Crippen LogP contribution in [0.25, 0.3) is 0 Å². The summed E-state index contributed by atoms with van der Waals surface area (Å²) in [5.74, 6) is 0.563. The van der Waals surface area contributed by atoms with E-state index >= 15 is 0 Å². The molecular formula is C8H14NO2. The van der Waals surface area contributed by atoms with Crippen molar-refractivity contribution in [1.82, 2.24) is 4.90 Å². The Balaban J connectivity index is 2.12. The first-order valence-corrected chi connectivity index (χ1v) is 4.00. The van der Waals surface area contributed by atoms with E-state index in [2.05, 4.69) is 16.7 Å². The molecule has 1 radical (unpaired) electrons. The molecule has 0 aromatic carbocycles. The third-order valence-electron chi connectivity index (χ3n) is 2.22. The number of likely N-dealkylation sites (tertiary alicyclic amines) is 1. The second kappa shape index (κ2) is 4.34. The number of rotatable bonds is 3. The fourth-order valence-corrected chi connectivity index (χ4v) is 1.38. The Bertz CT molecular complexity index is 119. The predicted molar refractivity (Wildman–Crippen MR) is 41.9 cm³/mol. The lowest BCUT2D eigenvalue weighted by molar-refractivity contribution is 0.150. The van der Waals surface area contributed by atoms with E-state index in [4.69, 9.17) is 0 Å². The third-order valence-corrected chi connectivity index (χ3v) is 2.22. The Hall–Kier alpha value is -0.570. The van der Waals surface area contributed by atoms with Gasteiger partial charge in [-0.25, -0.2) is 4.79 Å². The largest absolute Gasteiger partial charge is 0.457 e. The van der Waals surface area contributed by atoms with Crippen molar-refractivity contribution < 1.29 is 9.53 Å². The molecule has 11 heavy (non-hydrogen) atoms. The molecule has 0 aromatic rings. The van der Waals surface area contributed by atoms with Gasteiger partial charge in [0.05, 0.1) is 6.61 Å². The van der Waals surface area contributed by atoms with E-state index in [1.54, 1.807) is 0 Å². The lowest BCUT2D eigenvalue weighted by atomic mass is 9.98. The lowest BCUT2D eigenvalue weighted by Crippen LogP contribution is -2.31. The van der Waals surface area contributed by atoms with E-state index in [-0.39, 0.29) is 0 Å². The highest BCUT2D eigenvalue weighted by Crippen LogP contribution is 2.15. The van der Waals surface area contributed by atoms with Crippen molar-refractivity contribution in [2.24, 2.45) is 5.92 Å². The van der Waals surface area contributed by atoms with E-state index in [1.807, 2.05) is 0 Å². The van der Waals surface area contributed by atoms with Crippen molar-refractivity contribution in [2.45, 2.75) is 12.8 Å². The molecule has 0 saturated carbocycles. The van der Waals surface area contributed by atoms with Crippen LogP contribution in [0, 0.1) is 5.92 Å². The number of nitrogens with zero attached hydrogens (tertiary/aromatic N) is 1. The van der Waals surface area contributed by atoms with Gasteiger partial charge in [-0.1, -0.05) is 0 Å². The fraction of sp³-hybridized carbons (Fsp3) is 0.875. The van der Waals surface area contributed by atoms with Crippen LogP contribution in [-0.2, 0) is 9.53 Å². The molecule has 0 aromatic heterocycles. The molecule has 63 valence electrons. The standard InChI is InChI=1S/C8H14NO2/c1-9-4-2-8(3-5-9)6-11-7-10/h8H,2-6H2,1H3. The minimum atomic E-state index is 0.553. The number of hydrogen-bond donors (Lipinski definition) is 0. The topological polar surface area (TPSA) is 29.5 Å². The van der Waals surface area contributed by atoms with Gasteiger partial charge < -0.3 is 9.64 Å². The maximum atomic E-state index is 9.75. The minimum absolute atomic E-state index is 0.553. The van der Waals surface area contributed by atoms with Gasteiger partial charge in [0.25, 0.3) is 0 Å². The third kappa shape index (κ3) is 2.89. The summed E-state index contributed by atoms with van der Waals surface area (Å²) in [7, 11) is 2.11. The van der Waals surface area contributed by atoms with Gasteiger partial charge in [0.15, 0.2) is 0 Å². The average Bonchev–Trinajstić information content (AvgIpc) is 2.04. The lowest BCUT2D eigenvalue weighted by Gasteiger charge is -2.27. The number of ether oxygens (including phenoxy) is 1. The molecule has 1 heterocycles. The maximum Gasteiger partial charge on any atom is 0.417 e. The molecule has 1 fully saturated rings. The van der Waals surface area contributed by atoms with Gasteiger partial charge in [-0.2, -0.15) is 0 Å². The average molecular weight is 156 g/mol. The SMILES string of the molecule is CN1CCC(CO[C]=O)CC1. The van der Waals surface area contributed by atoms with E-state index in [0.29, 0.717) is 12.5 Å². The van der Waals surface area contributed by atoms with Crippen molar-refractivity contribution in [3.63, 3.8) is 0 Å². The first-order chi connectivity index (χ1) is 5.33. The zero-order chi connectivity index (χ0) is 8.10. The Morgan fingerprint density at radius 2 is 2.18 bits per heavy atom. The highest BCUT2D eigenvalue weighted by atomic mass is 16.5. The predicted octanol–water partition coefficient (Wildman–Crippen LogP) is 0.412. The van der Waals surface area contributed by atoms with E-state index in [0.717, 1.165) is 25.9 Å². The molecule has 1 rings (SSSR count). The zero-order valence-electron chi connectivity index (χ0n) is 6.88. The van der Waals surface area contributed by atoms with Gasteiger partial charge in [-0.3, -0.25) is 0 Å². The Morgan fingerprint density at radius 1 is 1.55 bits per heavy atom. The van der Waals surface area contributed by atoms with Crippen molar-refractivity contribution >= 4 is 6.47 Å². The summed E-state index contributed by atoms with van der Waals surface area (Å²) >= 11 is 0. The molecule has 1 saturated heterocycles. The van der Waals surface area contributed by atoms with Crippen LogP contribution in [0.3, 0.4) is 0 Å². The Morgan fingerprint density at radius 3 is 2.73 bits per heavy atom. The maximum absolute atomic E-state index is 9.75. The van der Waals surface area contributed by atoms with Crippen molar-refractivity contribution in [2.75, 3.05) is 26.7 Å². The number of piperidine rings is 1.